The van der Waals surface area contributed by atoms with Gasteiger partial charge in [0.2, 0.25) is 0 Å². The predicted molar refractivity (Wildman–Crippen MR) is 107 cm³/mol. The Morgan fingerprint density at radius 3 is 2.73 bits per heavy atom. The molecule has 146 valence electrons. The van der Waals surface area contributed by atoms with Crippen LogP contribution in [0.3, 0.4) is 0 Å². The second-order valence-electron chi connectivity index (χ2n) is 7.33. The molecule has 1 aliphatic heterocycles. The highest BCUT2D eigenvalue weighted by atomic mass is 16.5. The normalized spacial score (nSPS) is 16.1. The van der Waals surface area contributed by atoms with Crippen molar-refractivity contribution in [2.45, 2.75) is 58.8 Å². The maximum absolute atomic E-state index is 6.02. The molecule has 0 atom stereocenters. The second kappa shape index (κ2) is 11.9. The molecule has 0 aliphatic carbocycles. The lowest BCUT2D eigenvalue weighted by Gasteiger charge is -2.22. The molecule has 5 heteroatoms. The standard InChI is InChI=1S/C21H35N3O2/c1-17(2)6-5-11-23-21(22-3)24-15-18-7-4-8-19(14-18)16-26-20-9-12-25-13-10-20/h4,7-8,14,17,20H,5-6,9-13,15-16H2,1-3H3,(H2,22,23,24). The lowest BCUT2D eigenvalue weighted by Crippen LogP contribution is -2.37. The molecule has 0 radical (unpaired) electrons. The number of benzene rings is 1. The molecule has 2 N–H and O–H groups in total. The molecule has 0 unspecified atom stereocenters. The number of guanidine groups is 1. The second-order valence-corrected chi connectivity index (χ2v) is 7.33. The van der Waals surface area contributed by atoms with Crippen molar-refractivity contribution in [3.63, 3.8) is 0 Å². The molecule has 5 nitrogen and oxygen atoms in total. The van der Waals surface area contributed by atoms with Gasteiger partial charge in [0.05, 0.1) is 12.7 Å². The SMILES string of the molecule is CN=C(NCCCC(C)C)NCc1cccc(COC2CCOCC2)c1. The predicted octanol–water partition coefficient (Wildman–Crippen LogP) is 3.48. The molecule has 0 spiro atoms. The smallest absolute Gasteiger partial charge is 0.191 e. The van der Waals surface area contributed by atoms with E-state index < -0.39 is 0 Å². The summed E-state index contributed by atoms with van der Waals surface area (Å²) in [6, 6.07) is 8.57. The van der Waals surface area contributed by atoms with E-state index in [0.717, 1.165) is 57.4 Å². The summed E-state index contributed by atoms with van der Waals surface area (Å²) < 4.78 is 11.4. The maximum Gasteiger partial charge on any atom is 0.191 e. The van der Waals surface area contributed by atoms with Crippen molar-refractivity contribution in [2.24, 2.45) is 10.9 Å². The summed E-state index contributed by atoms with van der Waals surface area (Å²) in [6.07, 6.45) is 4.73. The van der Waals surface area contributed by atoms with Gasteiger partial charge in [0.1, 0.15) is 0 Å². The van der Waals surface area contributed by atoms with Crippen molar-refractivity contribution < 1.29 is 9.47 Å². The molecule has 0 amide bonds. The van der Waals surface area contributed by atoms with Gasteiger partial charge in [-0.3, -0.25) is 4.99 Å². The fourth-order valence-corrected chi connectivity index (χ4v) is 3.01. The highest BCUT2D eigenvalue weighted by Gasteiger charge is 2.14. The van der Waals surface area contributed by atoms with Gasteiger partial charge in [0.25, 0.3) is 0 Å². The molecule has 0 saturated carbocycles. The maximum atomic E-state index is 6.02. The molecule has 1 heterocycles. The molecule has 1 aliphatic rings. The van der Waals surface area contributed by atoms with Gasteiger partial charge in [-0.05, 0) is 42.7 Å². The quantitative estimate of drug-likeness (QED) is 0.402. The van der Waals surface area contributed by atoms with Crippen LogP contribution in [0.5, 0.6) is 0 Å². The zero-order chi connectivity index (χ0) is 18.6. The number of hydrogen-bond acceptors (Lipinski definition) is 3. The lowest BCUT2D eigenvalue weighted by molar-refractivity contribution is -0.0390. The average molecular weight is 362 g/mol. The molecular weight excluding hydrogens is 326 g/mol. The Hall–Kier alpha value is -1.59. The zero-order valence-electron chi connectivity index (χ0n) is 16.6. The van der Waals surface area contributed by atoms with E-state index in [4.69, 9.17) is 9.47 Å². The summed E-state index contributed by atoms with van der Waals surface area (Å²) in [7, 11) is 1.82. The van der Waals surface area contributed by atoms with Crippen LogP contribution in [0.1, 0.15) is 50.7 Å². The molecule has 1 fully saturated rings. The Bertz CT molecular complexity index is 540. The van der Waals surface area contributed by atoms with Crippen LogP contribution in [0, 0.1) is 5.92 Å². The first-order valence-corrected chi connectivity index (χ1v) is 9.89. The van der Waals surface area contributed by atoms with Gasteiger partial charge in [-0.2, -0.15) is 0 Å². The number of nitrogens with one attached hydrogen (secondary N) is 2. The summed E-state index contributed by atoms with van der Waals surface area (Å²) in [5.74, 6) is 1.61. The zero-order valence-corrected chi connectivity index (χ0v) is 16.6. The molecular formula is C21H35N3O2. The van der Waals surface area contributed by atoms with Gasteiger partial charge < -0.3 is 20.1 Å². The Labute approximate surface area is 158 Å². The molecule has 2 rings (SSSR count). The van der Waals surface area contributed by atoms with E-state index in [1.807, 2.05) is 7.05 Å². The highest BCUT2D eigenvalue weighted by Crippen LogP contribution is 2.14. The number of aliphatic imine (C=N–C) groups is 1. The van der Waals surface area contributed by atoms with Gasteiger partial charge in [-0.15, -0.1) is 0 Å². The molecule has 26 heavy (non-hydrogen) atoms. The van der Waals surface area contributed by atoms with E-state index in [2.05, 4.69) is 53.7 Å². The minimum absolute atomic E-state index is 0.333. The van der Waals surface area contributed by atoms with Crippen LogP contribution in [0.15, 0.2) is 29.3 Å². The van der Waals surface area contributed by atoms with Crippen LogP contribution < -0.4 is 10.6 Å². The van der Waals surface area contributed by atoms with Crippen LogP contribution >= 0.6 is 0 Å². The first kappa shape index (κ1) is 20.7. The Morgan fingerprint density at radius 1 is 1.23 bits per heavy atom. The topological polar surface area (TPSA) is 54.9 Å². The Kier molecular flexibility index (Phi) is 9.50. The largest absolute Gasteiger partial charge is 0.381 e. The first-order chi connectivity index (χ1) is 12.7. The summed E-state index contributed by atoms with van der Waals surface area (Å²) in [4.78, 5) is 4.30. The number of ether oxygens (including phenoxy) is 2. The molecule has 1 aromatic rings. The van der Waals surface area contributed by atoms with Crippen molar-refractivity contribution in [2.75, 3.05) is 26.8 Å². The summed E-state index contributed by atoms with van der Waals surface area (Å²) in [5, 5.41) is 6.77. The minimum atomic E-state index is 0.333. The van der Waals surface area contributed by atoms with E-state index in [0.29, 0.717) is 12.7 Å². The highest BCUT2D eigenvalue weighted by molar-refractivity contribution is 5.79. The van der Waals surface area contributed by atoms with E-state index in [1.165, 1.54) is 17.5 Å². The average Bonchev–Trinajstić information content (AvgIpc) is 2.67. The third kappa shape index (κ3) is 8.19. The van der Waals surface area contributed by atoms with Crippen molar-refractivity contribution in [3.05, 3.63) is 35.4 Å². The van der Waals surface area contributed by atoms with Crippen molar-refractivity contribution in [1.29, 1.82) is 0 Å². The van der Waals surface area contributed by atoms with Gasteiger partial charge >= 0.3 is 0 Å². The fourth-order valence-electron chi connectivity index (χ4n) is 3.01. The van der Waals surface area contributed by atoms with E-state index in [9.17, 15) is 0 Å². The first-order valence-electron chi connectivity index (χ1n) is 9.89. The van der Waals surface area contributed by atoms with Gasteiger partial charge in [0, 0.05) is 33.4 Å². The summed E-state index contributed by atoms with van der Waals surface area (Å²) in [6.45, 7) is 8.53. The van der Waals surface area contributed by atoms with Crippen LogP contribution in [-0.4, -0.2) is 38.9 Å². The van der Waals surface area contributed by atoms with E-state index in [-0.39, 0.29) is 0 Å². The van der Waals surface area contributed by atoms with E-state index >= 15 is 0 Å². The van der Waals surface area contributed by atoms with Crippen LogP contribution in [0.4, 0.5) is 0 Å². The molecule has 1 aromatic carbocycles. The molecule has 1 saturated heterocycles. The monoisotopic (exact) mass is 361 g/mol. The number of rotatable bonds is 9. The van der Waals surface area contributed by atoms with Gasteiger partial charge in [-0.25, -0.2) is 0 Å². The third-order valence-corrected chi connectivity index (χ3v) is 4.58. The summed E-state index contributed by atoms with van der Waals surface area (Å²) >= 11 is 0. The molecule has 0 bridgehead atoms. The van der Waals surface area contributed by atoms with Crippen molar-refractivity contribution in [1.82, 2.24) is 10.6 Å². The Morgan fingerprint density at radius 2 is 2.00 bits per heavy atom. The fraction of sp³-hybridized carbons (Fsp3) is 0.667. The van der Waals surface area contributed by atoms with Gasteiger partial charge in [-0.1, -0.05) is 38.1 Å². The Balaban J connectivity index is 1.72. The summed E-state index contributed by atoms with van der Waals surface area (Å²) in [5.41, 5.74) is 2.46. The number of hydrogen-bond donors (Lipinski definition) is 2. The lowest BCUT2D eigenvalue weighted by atomic mass is 10.1. The van der Waals surface area contributed by atoms with Crippen LogP contribution in [-0.2, 0) is 22.6 Å². The van der Waals surface area contributed by atoms with Crippen LogP contribution in [0.25, 0.3) is 0 Å². The van der Waals surface area contributed by atoms with Crippen molar-refractivity contribution >= 4 is 5.96 Å². The van der Waals surface area contributed by atoms with Gasteiger partial charge in [0.15, 0.2) is 5.96 Å². The molecule has 0 aromatic heterocycles. The third-order valence-electron chi connectivity index (χ3n) is 4.58. The van der Waals surface area contributed by atoms with Crippen molar-refractivity contribution in [3.8, 4) is 0 Å². The van der Waals surface area contributed by atoms with Crippen LogP contribution in [0.2, 0.25) is 0 Å². The minimum Gasteiger partial charge on any atom is -0.381 e. The van der Waals surface area contributed by atoms with E-state index in [1.54, 1.807) is 0 Å². The number of nitrogens with zero attached hydrogens (tertiary/aromatic N) is 1.